The highest BCUT2D eigenvalue weighted by molar-refractivity contribution is 5.70. The van der Waals surface area contributed by atoms with E-state index in [1.807, 2.05) is 0 Å². The van der Waals surface area contributed by atoms with E-state index in [-0.39, 0.29) is 140 Å². The normalized spacial score (nSPS) is 59.6. The molecule has 16 rings (SSSR count). The summed E-state index contributed by atoms with van der Waals surface area (Å²) in [5, 5.41) is 10.9. The van der Waals surface area contributed by atoms with Crippen LogP contribution in [0.4, 0.5) is 0 Å². The molecule has 77 heavy (non-hydrogen) atoms. The number of carbonyl (C=O) groups excluding carboxylic acids is 1. The lowest BCUT2D eigenvalue weighted by atomic mass is 9.78. The van der Waals surface area contributed by atoms with Crippen molar-refractivity contribution >= 4 is 5.97 Å². The van der Waals surface area contributed by atoms with E-state index < -0.39 is 65.7 Å². The van der Waals surface area contributed by atoms with Crippen molar-refractivity contribution < 1.29 is 81.0 Å². The van der Waals surface area contributed by atoms with Gasteiger partial charge in [-0.05, 0) is 80.8 Å². The average Bonchev–Trinajstić information content (AvgIpc) is 4.34. The maximum Gasteiger partial charge on any atom is 0.308 e. The first-order valence-corrected chi connectivity index (χ1v) is 30.2. The van der Waals surface area contributed by atoms with Gasteiger partial charge in [-0.3, -0.25) is 4.79 Å². The maximum absolute atomic E-state index is 14.6. The molecule has 18 nitrogen and oxygen atoms in total. The predicted octanol–water partition coefficient (Wildman–Crippen LogP) is 5.53. The van der Waals surface area contributed by atoms with Gasteiger partial charge in [0, 0.05) is 70.3 Å². The Balaban J connectivity index is 0.671. The van der Waals surface area contributed by atoms with E-state index in [4.69, 9.17) is 76.8 Å². The lowest BCUT2D eigenvalue weighted by Gasteiger charge is -2.54. The van der Waals surface area contributed by atoms with E-state index in [9.17, 15) is 9.90 Å². The summed E-state index contributed by atoms with van der Waals surface area (Å²) in [4.78, 5) is 14.6. The Hall–Kier alpha value is -1.69. The Bertz CT molecular complexity index is 2330. The minimum absolute atomic E-state index is 0.0105. The lowest BCUT2D eigenvalue weighted by Crippen LogP contribution is -2.63. The van der Waals surface area contributed by atoms with Crippen molar-refractivity contribution in [3.8, 4) is 0 Å². The first-order valence-electron chi connectivity index (χ1n) is 30.2. The Morgan fingerprint density at radius 3 is 2.09 bits per heavy atom. The molecular formula is C59H85NO17. The van der Waals surface area contributed by atoms with Gasteiger partial charge in [-0.1, -0.05) is 40.9 Å². The zero-order chi connectivity index (χ0) is 52.7. The molecule has 16 fully saturated rings. The van der Waals surface area contributed by atoms with Crippen LogP contribution in [0.5, 0.6) is 0 Å². The second-order valence-corrected chi connectivity index (χ2v) is 27.4. The molecule has 0 saturated carbocycles. The summed E-state index contributed by atoms with van der Waals surface area (Å²) in [6.07, 6.45) is 3.82. The van der Waals surface area contributed by atoms with Gasteiger partial charge in [0.2, 0.25) is 0 Å². The van der Waals surface area contributed by atoms with Crippen molar-refractivity contribution in [1.82, 2.24) is 0 Å². The summed E-state index contributed by atoms with van der Waals surface area (Å²) >= 11 is 0. The molecule has 0 aromatic heterocycles. The van der Waals surface area contributed by atoms with Crippen LogP contribution in [0.2, 0.25) is 0 Å². The van der Waals surface area contributed by atoms with E-state index in [1.54, 1.807) is 0 Å². The van der Waals surface area contributed by atoms with Crippen LogP contribution < -0.4 is 5.73 Å². The highest BCUT2D eigenvalue weighted by atomic mass is 16.8. The Labute approximate surface area is 452 Å². The molecule has 12 bridgehead atoms. The molecule has 18 heteroatoms. The first kappa shape index (κ1) is 52.1. The smallest absolute Gasteiger partial charge is 0.308 e. The topological polar surface area (TPSA) is 202 Å². The number of hydrogen-bond acceptors (Lipinski definition) is 18. The van der Waals surface area contributed by atoms with Crippen LogP contribution in [0.1, 0.15) is 144 Å². The third kappa shape index (κ3) is 8.70. The molecule has 0 aromatic carbocycles. The molecule has 3 spiro atoms. The molecular weight excluding hydrogens is 995 g/mol. The zero-order valence-electron chi connectivity index (χ0n) is 45.8. The van der Waals surface area contributed by atoms with Gasteiger partial charge in [0.1, 0.15) is 42.2 Å². The van der Waals surface area contributed by atoms with Crippen molar-refractivity contribution in [1.29, 1.82) is 0 Å². The fourth-order valence-electron chi connectivity index (χ4n) is 18.2. The van der Waals surface area contributed by atoms with Gasteiger partial charge in [0.15, 0.2) is 17.4 Å². The number of aliphatic hydroxyl groups is 1. The van der Waals surface area contributed by atoms with Crippen molar-refractivity contribution in [3.05, 3.63) is 24.3 Å². The van der Waals surface area contributed by atoms with Crippen molar-refractivity contribution in [2.75, 3.05) is 6.54 Å². The van der Waals surface area contributed by atoms with E-state index >= 15 is 0 Å². The Morgan fingerprint density at radius 1 is 0.545 bits per heavy atom. The Morgan fingerprint density at radius 2 is 1.25 bits per heavy atom. The quantitative estimate of drug-likeness (QED) is 0.245. The van der Waals surface area contributed by atoms with Crippen LogP contribution in [0, 0.1) is 23.7 Å². The van der Waals surface area contributed by atoms with Crippen molar-refractivity contribution in [2.45, 2.75) is 307 Å². The fourth-order valence-corrected chi connectivity index (χ4v) is 18.2. The number of fused-ring (bicyclic) bond motifs is 10. The third-order valence-corrected chi connectivity index (χ3v) is 21.8. The Kier molecular flexibility index (Phi) is 12.8. The van der Waals surface area contributed by atoms with Crippen LogP contribution in [0.3, 0.4) is 0 Å². The minimum Gasteiger partial charge on any atom is -0.459 e. The van der Waals surface area contributed by atoms with E-state index in [1.165, 1.54) is 0 Å². The molecule has 16 heterocycles. The number of aliphatic hydroxyl groups excluding tert-OH is 1. The summed E-state index contributed by atoms with van der Waals surface area (Å²) < 4.78 is 104. The summed E-state index contributed by atoms with van der Waals surface area (Å²) in [7, 11) is 0. The third-order valence-electron chi connectivity index (χ3n) is 21.8. The molecule has 0 aliphatic carbocycles. The van der Waals surface area contributed by atoms with E-state index in [2.05, 4.69) is 47.8 Å². The molecule has 0 amide bonds. The molecule has 16 aliphatic heterocycles. The number of ether oxygens (including phenoxy) is 15. The second kappa shape index (κ2) is 18.9. The van der Waals surface area contributed by atoms with Crippen LogP contribution in [0.25, 0.3) is 0 Å². The first-order chi connectivity index (χ1) is 36.9. The number of carbonyl (C=O) groups is 1. The molecule has 0 radical (unpaired) electrons. The molecule has 31 atom stereocenters. The van der Waals surface area contributed by atoms with E-state index in [0.29, 0.717) is 64.2 Å². The molecule has 428 valence electrons. The summed E-state index contributed by atoms with van der Waals surface area (Å²) in [5.41, 5.74) is 7.58. The van der Waals surface area contributed by atoms with Crippen LogP contribution in [-0.4, -0.2) is 181 Å². The largest absolute Gasteiger partial charge is 0.459 e. The summed E-state index contributed by atoms with van der Waals surface area (Å²) in [5.74, 6) is -2.63. The average molecular weight is 1080 g/mol. The van der Waals surface area contributed by atoms with Crippen LogP contribution >= 0.6 is 0 Å². The van der Waals surface area contributed by atoms with Gasteiger partial charge in [-0.25, -0.2) is 0 Å². The van der Waals surface area contributed by atoms with Crippen LogP contribution in [0.15, 0.2) is 24.3 Å². The molecule has 16 aliphatic rings. The second-order valence-electron chi connectivity index (χ2n) is 27.4. The summed E-state index contributed by atoms with van der Waals surface area (Å²) in [6.45, 7) is 20.3. The molecule has 31 unspecified atom stereocenters. The highest BCUT2D eigenvalue weighted by Crippen LogP contribution is 2.60. The fraction of sp³-hybridized carbons (Fsp3) is 0.915. The van der Waals surface area contributed by atoms with E-state index in [0.717, 1.165) is 49.7 Å². The molecule has 0 aromatic rings. The van der Waals surface area contributed by atoms with Gasteiger partial charge >= 0.3 is 5.97 Å². The number of hydrogen-bond donors (Lipinski definition) is 2. The van der Waals surface area contributed by atoms with Crippen molar-refractivity contribution in [2.24, 2.45) is 29.4 Å². The minimum atomic E-state index is -0.899. The number of rotatable bonds is 1. The van der Waals surface area contributed by atoms with Gasteiger partial charge < -0.3 is 81.9 Å². The van der Waals surface area contributed by atoms with Gasteiger partial charge in [0.05, 0.1) is 110 Å². The van der Waals surface area contributed by atoms with Crippen LogP contribution in [-0.2, 0) is 75.8 Å². The lowest BCUT2D eigenvalue weighted by molar-refractivity contribution is -0.370. The monoisotopic (exact) mass is 1080 g/mol. The number of nitrogens with two attached hydrogens (primary N) is 1. The zero-order valence-corrected chi connectivity index (χ0v) is 45.8. The summed E-state index contributed by atoms with van der Waals surface area (Å²) in [6, 6.07) is 0. The van der Waals surface area contributed by atoms with Gasteiger partial charge in [-0.15, -0.1) is 0 Å². The van der Waals surface area contributed by atoms with Gasteiger partial charge in [-0.2, -0.15) is 0 Å². The maximum atomic E-state index is 14.6. The molecule has 3 N–H and O–H groups in total. The number of esters is 1. The molecule has 16 saturated heterocycles. The van der Waals surface area contributed by atoms with Gasteiger partial charge in [0.25, 0.3) is 0 Å². The SMILES string of the molecule is C=C1CC2CCC34CC5(C)OC6C(O3)C3OC(CCC3OC6C5O4)CC(=O)OC3C(CC4OC(CCC1O2)CC(C)C4=C)OC1CC2OC4(CC2OC1C3C)CC1OC2(CC(C)C3OC(CN)C(O)CC3O2)CC(C)C1O4. The highest BCUT2D eigenvalue weighted by Gasteiger charge is 2.73. The van der Waals surface area contributed by atoms with Crippen molar-refractivity contribution in [3.63, 3.8) is 0 Å². The predicted molar refractivity (Wildman–Crippen MR) is 270 cm³/mol. The standard InChI is InChI=1S/C59H85NO17/c1-26-14-32-8-10-36-27(2)15-34(63-36)12-13-57-25-56(7)55(77-57)54-53(74-56)52(76-57)51-37(67-54)11-9-33(65-51)16-46(62)70-50-31(6)49-41(66-40(50)18-38(64-32)30(26)5)19-39-43(68-49)22-59(71-39)23-44-48(75-59)29(4)21-58(73-44)20-28(3)47-42(72-58)17-35(61)45(24-60)69-47/h26,28-29,31-45,47-55,61H,2,5,8-25,60H2,1,3-4,6-7H3.